The zero-order chi connectivity index (χ0) is 14.9. The third-order valence-electron chi connectivity index (χ3n) is 3.27. The minimum atomic E-state index is -0.306. The van der Waals surface area contributed by atoms with Gasteiger partial charge in [0.2, 0.25) is 0 Å². The predicted octanol–water partition coefficient (Wildman–Crippen LogP) is 6.06. The first-order valence-electron chi connectivity index (χ1n) is 6.18. The summed E-state index contributed by atoms with van der Waals surface area (Å²) in [7, 11) is 1.65. The van der Waals surface area contributed by atoms with Crippen molar-refractivity contribution >= 4 is 39.1 Å². The smallest absolute Gasteiger partial charge is 0.124 e. The van der Waals surface area contributed by atoms with Crippen LogP contribution in [0.2, 0.25) is 5.02 Å². The summed E-state index contributed by atoms with van der Waals surface area (Å²) in [6.07, 6.45) is 0. The number of hydrogen-bond acceptors (Lipinski definition) is 1. The van der Waals surface area contributed by atoms with Gasteiger partial charge in [0.05, 0.1) is 12.5 Å². The lowest BCUT2D eigenvalue weighted by Gasteiger charge is -2.17. The van der Waals surface area contributed by atoms with Crippen molar-refractivity contribution in [2.75, 3.05) is 7.11 Å². The highest BCUT2D eigenvalue weighted by atomic mass is 79.9. The third-order valence-corrected chi connectivity index (χ3v) is 5.02. The van der Waals surface area contributed by atoms with Gasteiger partial charge in [0.1, 0.15) is 5.75 Å². The van der Waals surface area contributed by atoms with Crippen LogP contribution in [0.3, 0.4) is 0 Å². The molecule has 0 saturated carbocycles. The van der Waals surface area contributed by atoms with Gasteiger partial charge in [-0.05, 0) is 48.7 Å². The van der Waals surface area contributed by atoms with Crippen LogP contribution in [-0.4, -0.2) is 7.11 Å². The van der Waals surface area contributed by atoms with Gasteiger partial charge in [-0.25, -0.2) is 0 Å². The molecule has 0 radical (unpaired) electrons. The molecule has 1 unspecified atom stereocenters. The Bertz CT molecular complexity index is 641. The van der Waals surface area contributed by atoms with E-state index in [2.05, 4.69) is 15.9 Å². The van der Waals surface area contributed by atoms with E-state index in [0.29, 0.717) is 0 Å². The number of rotatable bonds is 3. The fourth-order valence-electron chi connectivity index (χ4n) is 1.99. The zero-order valence-electron chi connectivity index (χ0n) is 11.5. The van der Waals surface area contributed by atoms with E-state index in [0.717, 1.165) is 37.5 Å². The zero-order valence-corrected chi connectivity index (χ0v) is 14.6. The van der Waals surface area contributed by atoms with E-state index >= 15 is 0 Å². The summed E-state index contributed by atoms with van der Waals surface area (Å²) >= 11 is 16.3. The van der Waals surface area contributed by atoms with E-state index in [9.17, 15) is 0 Å². The highest BCUT2D eigenvalue weighted by molar-refractivity contribution is 9.10. The Balaban J connectivity index is 2.49. The maximum absolute atomic E-state index is 6.60. The first kappa shape index (κ1) is 15.7. The van der Waals surface area contributed by atoms with Crippen molar-refractivity contribution < 1.29 is 4.74 Å². The van der Waals surface area contributed by atoms with Gasteiger partial charge in [-0.2, -0.15) is 0 Å². The summed E-state index contributed by atoms with van der Waals surface area (Å²) in [6.45, 7) is 3.99. The summed E-state index contributed by atoms with van der Waals surface area (Å²) in [4.78, 5) is 0. The van der Waals surface area contributed by atoms with Crippen molar-refractivity contribution in [2.24, 2.45) is 0 Å². The first-order valence-corrected chi connectivity index (χ1v) is 7.79. The van der Waals surface area contributed by atoms with Gasteiger partial charge in [-0.15, -0.1) is 11.6 Å². The Kier molecular flexibility index (Phi) is 5.00. The minimum Gasteiger partial charge on any atom is -0.496 e. The van der Waals surface area contributed by atoms with Crippen LogP contribution in [0.5, 0.6) is 5.75 Å². The molecule has 0 N–H and O–H groups in total. The number of ether oxygens (including phenoxy) is 1. The van der Waals surface area contributed by atoms with Crippen LogP contribution >= 0.6 is 39.1 Å². The maximum atomic E-state index is 6.60. The van der Waals surface area contributed by atoms with Crippen LogP contribution in [0.4, 0.5) is 0 Å². The standard InChI is InChI=1S/C16H15BrCl2O/c1-9-4-5-11(7-14(9)18)16(19)12-8-13(17)10(2)6-15(12)20-3/h4-8,16H,1-3H3. The molecule has 0 amide bonds. The number of alkyl halides is 1. The average molecular weight is 374 g/mol. The molecule has 0 spiro atoms. The van der Waals surface area contributed by atoms with Crippen LogP contribution in [0.25, 0.3) is 0 Å². The molecule has 0 aliphatic carbocycles. The normalized spacial score (nSPS) is 12.3. The monoisotopic (exact) mass is 372 g/mol. The van der Waals surface area contributed by atoms with Gasteiger partial charge < -0.3 is 4.74 Å². The quantitative estimate of drug-likeness (QED) is 0.594. The Morgan fingerprint density at radius 2 is 1.80 bits per heavy atom. The number of benzene rings is 2. The van der Waals surface area contributed by atoms with E-state index in [1.54, 1.807) is 7.11 Å². The summed E-state index contributed by atoms with van der Waals surface area (Å²) in [6, 6.07) is 9.85. The van der Waals surface area contributed by atoms with Crippen LogP contribution in [0.15, 0.2) is 34.8 Å². The van der Waals surface area contributed by atoms with Gasteiger partial charge in [0, 0.05) is 15.1 Å². The number of methoxy groups -OCH3 is 1. The Labute approximate surface area is 138 Å². The van der Waals surface area contributed by atoms with Crippen molar-refractivity contribution in [1.29, 1.82) is 0 Å². The SMILES string of the molecule is COc1cc(C)c(Br)cc1C(Cl)c1ccc(C)c(Cl)c1. The minimum absolute atomic E-state index is 0.306. The first-order chi connectivity index (χ1) is 9.43. The maximum Gasteiger partial charge on any atom is 0.124 e. The predicted molar refractivity (Wildman–Crippen MR) is 89.3 cm³/mol. The highest BCUT2D eigenvalue weighted by Gasteiger charge is 2.18. The molecule has 0 aliphatic rings. The second-order valence-corrected chi connectivity index (χ2v) is 6.41. The fraction of sp³-hybridized carbons (Fsp3) is 0.250. The Hall–Kier alpha value is -0.700. The second-order valence-electron chi connectivity index (χ2n) is 4.71. The van der Waals surface area contributed by atoms with Gasteiger partial charge in [-0.3, -0.25) is 0 Å². The summed E-state index contributed by atoms with van der Waals surface area (Å²) in [5, 5.41) is 0.415. The molecule has 0 aromatic heterocycles. The van der Waals surface area contributed by atoms with Crippen molar-refractivity contribution in [3.63, 3.8) is 0 Å². The van der Waals surface area contributed by atoms with E-state index in [-0.39, 0.29) is 5.38 Å². The van der Waals surface area contributed by atoms with Crippen LogP contribution in [0.1, 0.15) is 27.6 Å². The van der Waals surface area contributed by atoms with Crippen LogP contribution in [0, 0.1) is 13.8 Å². The van der Waals surface area contributed by atoms with Gasteiger partial charge >= 0.3 is 0 Å². The molecule has 106 valence electrons. The summed E-state index contributed by atoms with van der Waals surface area (Å²) in [5.41, 5.74) is 4.02. The van der Waals surface area contributed by atoms with E-state index in [1.165, 1.54) is 0 Å². The largest absolute Gasteiger partial charge is 0.496 e. The van der Waals surface area contributed by atoms with E-state index < -0.39 is 0 Å². The highest BCUT2D eigenvalue weighted by Crippen LogP contribution is 2.39. The molecule has 0 aliphatic heterocycles. The molecule has 1 nitrogen and oxygen atoms in total. The molecule has 1 atom stereocenters. The molecule has 2 rings (SSSR count). The van der Waals surface area contributed by atoms with Crippen LogP contribution in [-0.2, 0) is 0 Å². The Morgan fingerprint density at radius 1 is 1.10 bits per heavy atom. The molecule has 2 aromatic carbocycles. The van der Waals surface area contributed by atoms with Gasteiger partial charge in [0.25, 0.3) is 0 Å². The fourth-order valence-corrected chi connectivity index (χ4v) is 2.85. The van der Waals surface area contributed by atoms with Crippen LogP contribution < -0.4 is 4.74 Å². The van der Waals surface area contributed by atoms with Gasteiger partial charge in [-0.1, -0.05) is 39.7 Å². The lowest BCUT2D eigenvalue weighted by Crippen LogP contribution is -1.99. The van der Waals surface area contributed by atoms with Crippen molar-refractivity contribution in [3.8, 4) is 5.75 Å². The van der Waals surface area contributed by atoms with Crippen molar-refractivity contribution in [3.05, 3.63) is 62.1 Å². The molecular formula is C16H15BrCl2O. The lowest BCUT2D eigenvalue weighted by molar-refractivity contribution is 0.409. The van der Waals surface area contributed by atoms with Gasteiger partial charge in [0.15, 0.2) is 0 Å². The summed E-state index contributed by atoms with van der Waals surface area (Å²) < 4.78 is 6.45. The van der Waals surface area contributed by atoms with Crippen molar-refractivity contribution in [1.82, 2.24) is 0 Å². The number of aryl methyl sites for hydroxylation is 2. The molecule has 2 aromatic rings. The second kappa shape index (κ2) is 6.38. The molecule has 0 saturated heterocycles. The molecular weight excluding hydrogens is 359 g/mol. The topological polar surface area (TPSA) is 9.23 Å². The van der Waals surface area contributed by atoms with Crippen molar-refractivity contribution in [2.45, 2.75) is 19.2 Å². The molecule has 20 heavy (non-hydrogen) atoms. The summed E-state index contributed by atoms with van der Waals surface area (Å²) in [5.74, 6) is 0.780. The molecule has 0 heterocycles. The number of hydrogen-bond donors (Lipinski definition) is 0. The average Bonchev–Trinajstić information content (AvgIpc) is 2.43. The Morgan fingerprint density at radius 3 is 2.40 bits per heavy atom. The molecule has 4 heteroatoms. The lowest BCUT2D eigenvalue weighted by atomic mass is 10.0. The van der Waals surface area contributed by atoms with E-state index in [4.69, 9.17) is 27.9 Å². The van der Waals surface area contributed by atoms with E-state index in [1.807, 2.05) is 44.2 Å². The molecule has 0 fully saturated rings. The molecule has 0 bridgehead atoms. The third kappa shape index (κ3) is 3.13. The number of halogens is 3.